The molecule has 0 aromatic carbocycles. The maximum Gasteiger partial charge on any atom is 0.486 e. The second kappa shape index (κ2) is 4.66. The molecule has 0 aromatic rings. The van der Waals surface area contributed by atoms with Crippen LogP contribution in [0.1, 0.15) is 6.42 Å². The topological polar surface area (TPSA) is 55.5 Å². The van der Waals surface area contributed by atoms with E-state index in [9.17, 15) is 8.78 Å². The van der Waals surface area contributed by atoms with E-state index < -0.39 is 19.1 Å². The Labute approximate surface area is 52.1 Å². The third-order valence-electron chi connectivity index (χ3n) is 0.646. The highest BCUT2D eigenvalue weighted by Gasteiger charge is 2.10. The summed E-state index contributed by atoms with van der Waals surface area (Å²) in [6, 6.07) is 0. The molecule has 0 aliphatic carbocycles. The Hall–Kier alpha value is -0.195. The van der Waals surface area contributed by atoms with Crippen LogP contribution in [0.2, 0.25) is 0 Å². The van der Waals surface area contributed by atoms with Crippen LogP contribution < -0.4 is 5.73 Å². The number of alkyl halides is 2. The average Bonchev–Trinajstić information content (AvgIpc) is 1.63. The lowest BCUT2D eigenvalue weighted by atomic mass is 10.3. The van der Waals surface area contributed by atoms with Crippen molar-refractivity contribution < 1.29 is 18.5 Å². The summed E-state index contributed by atoms with van der Waals surface area (Å²) in [7, 11) is 0.299. The molecule has 1 radical (unpaired) electrons. The highest BCUT2D eigenvalue weighted by Crippen LogP contribution is 2.01. The zero-order chi connectivity index (χ0) is 7.28. The molecule has 0 rings (SSSR count). The van der Waals surface area contributed by atoms with Crippen LogP contribution in [0.5, 0.6) is 0 Å². The predicted octanol–water partition coefficient (Wildman–Crippen LogP) is -0.531. The first kappa shape index (κ1) is 8.80. The van der Waals surface area contributed by atoms with Crippen LogP contribution in [-0.2, 0) is 4.65 Å². The molecule has 0 bridgehead atoms. The smallest absolute Gasteiger partial charge is 0.429 e. The van der Waals surface area contributed by atoms with Gasteiger partial charge in [-0.05, 0) is 0 Å². The van der Waals surface area contributed by atoms with Crippen molar-refractivity contribution in [3.05, 3.63) is 0 Å². The van der Waals surface area contributed by atoms with Crippen molar-refractivity contribution in [3.8, 4) is 0 Å². The first-order valence-corrected chi connectivity index (χ1v) is 2.32. The van der Waals surface area contributed by atoms with E-state index in [1.807, 2.05) is 0 Å². The molecule has 3 N–H and O–H groups in total. The molecule has 9 heavy (non-hydrogen) atoms. The minimum absolute atomic E-state index is 0.299. The number of hydrogen-bond donors (Lipinski definition) is 2. The van der Waals surface area contributed by atoms with Gasteiger partial charge in [-0.1, -0.05) is 0 Å². The molecular weight excluding hydrogens is 131 g/mol. The van der Waals surface area contributed by atoms with Crippen molar-refractivity contribution >= 4 is 7.69 Å². The second-order valence-electron chi connectivity index (χ2n) is 1.41. The van der Waals surface area contributed by atoms with Gasteiger partial charge in [-0.3, -0.25) is 0 Å². The second-order valence-corrected chi connectivity index (χ2v) is 1.41. The Morgan fingerprint density at radius 2 is 2.22 bits per heavy atom. The molecule has 0 spiro atoms. The Bertz CT molecular complexity index is 74.8. The lowest BCUT2D eigenvalue weighted by molar-refractivity contribution is 0.0715. The van der Waals surface area contributed by atoms with Crippen LogP contribution >= 0.6 is 0 Å². The molecule has 0 aliphatic rings. The summed E-state index contributed by atoms with van der Waals surface area (Å²) in [6.45, 7) is 0. The quantitative estimate of drug-likeness (QED) is 0.405. The first-order chi connectivity index (χ1) is 4.16. The van der Waals surface area contributed by atoms with E-state index in [-0.39, 0.29) is 0 Å². The number of nitrogens with two attached hydrogens (primary N) is 1. The summed E-state index contributed by atoms with van der Waals surface area (Å²) in [6.07, 6.45) is -4.19. The average molecular weight is 138 g/mol. The third-order valence-corrected chi connectivity index (χ3v) is 0.646. The van der Waals surface area contributed by atoms with Crippen LogP contribution in [0, 0.1) is 0 Å². The van der Waals surface area contributed by atoms with Crippen molar-refractivity contribution in [3.63, 3.8) is 0 Å². The van der Waals surface area contributed by atoms with E-state index >= 15 is 0 Å². The Morgan fingerprint density at radius 1 is 1.67 bits per heavy atom. The van der Waals surface area contributed by atoms with Gasteiger partial charge in [0.1, 0.15) is 0 Å². The fraction of sp³-hybridized carbons (Fsp3) is 1.00. The van der Waals surface area contributed by atoms with E-state index in [4.69, 9.17) is 10.8 Å². The Balaban J connectivity index is 3.15. The first-order valence-electron chi connectivity index (χ1n) is 2.32. The largest absolute Gasteiger partial charge is 0.486 e. The molecule has 0 saturated heterocycles. The fourth-order valence-corrected chi connectivity index (χ4v) is 0.309. The molecule has 1 unspecified atom stereocenters. The summed E-state index contributed by atoms with van der Waals surface area (Å²) in [5.74, 6) is 0. The highest BCUT2D eigenvalue weighted by molar-refractivity contribution is 6.15. The molecule has 1 atom stereocenters. The summed E-state index contributed by atoms with van der Waals surface area (Å²) < 4.78 is 26.8. The monoisotopic (exact) mass is 138 g/mol. The van der Waals surface area contributed by atoms with Gasteiger partial charge in [-0.15, -0.1) is 0 Å². The summed E-state index contributed by atoms with van der Waals surface area (Å²) in [5.41, 5.74) is 4.89. The molecule has 0 aromatic heterocycles. The van der Waals surface area contributed by atoms with Gasteiger partial charge in [0, 0.05) is 6.42 Å². The minimum atomic E-state index is -2.50. The van der Waals surface area contributed by atoms with Gasteiger partial charge in [0.05, 0.1) is 6.23 Å². The van der Waals surface area contributed by atoms with Gasteiger partial charge in [0.25, 0.3) is 0 Å². The summed E-state index contributed by atoms with van der Waals surface area (Å²) >= 11 is 0. The number of hydrogen-bond acceptors (Lipinski definition) is 3. The number of rotatable bonds is 4. The molecule has 0 fully saturated rings. The van der Waals surface area contributed by atoms with Gasteiger partial charge >= 0.3 is 7.69 Å². The zero-order valence-electron chi connectivity index (χ0n) is 4.63. The van der Waals surface area contributed by atoms with Crippen molar-refractivity contribution in [1.29, 1.82) is 0 Å². The summed E-state index contributed by atoms with van der Waals surface area (Å²) in [4.78, 5) is 0. The van der Waals surface area contributed by atoms with Gasteiger partial charge in [0.15, 0.2) is 0 Å². The van der Waals surface area contributed by atoms with Crippen molar-refractivity contribution in [2.45, 2.75) is 19.1 Å². The van der Waals surface area contributed by atoms with Crippen molar-refractivity contribution in [1.82, 2.24) is 0 Å². The van der Waals surface area contributed by atoms with Gasteiger partial charge in [-0.25, -0.2) is 8.78 Å². The minimum Gasteiger partial charge on any atom is -0.429 e. The molecule has 0 saturated carbocycles. The molecule has 53 valence electrons. The van der Waals surface area contributed by atoms with Crippen LogP contribution in [0.25, 0.3) is 0 Å². The van der Waals surface area contributed by atoms with Crippen molar-refractivity contribution in [2.75, 3.05) is 0 Å². The molecule has 0 heterocycles. The molecule has 3 nitrogen and oxygen atoms in total. The molecule has 6 heteroatoms. The van der Waals surface area contributed by atoms with Crippen LogP contribution in [0.3, 0.4) is 0 Å². The van der Waals surface area contributed by atoms with Crippen LogP contribution in [0.15, 0.2) is 0 Å². The molecular formula is C3H7BF2NO2. The third kappa shape index (κ3) is 5.68. The number of halogens is 2. The zero-order valence-corrected chi connectivity index (χ0v) is 4.63. The lowest BCUT2D eigenvalue weighted by Crippen LogP contribution is -2.27. The Morgan fingerprint density at radius 3 is 2.56 bits per heavy atom. The van der Waals surface area contributed by atoms with Gasteiger partial charge in [0.2, 0.25) is 6.43 Å². The SMILES string of the molecule is NC(CC(F)F)O[B]O. The highest BCUT2D eigenvalue weighted by atomic mass is 19.3. The maximum atomic E-state index is 11.4. The molecule has 0 amide bonds. The summed E-state index contributed by atoms with van der Waals surface area (Å²) in [5, 5.41) is 7.88. The normalized spacial score (nSPS) is 13.9. The van der Waals surface area contributed by atoms with Crippen molar-refractivity contribution in [2.24, 2.45) is 5.73 Å². The van der Waals surface area contributed by atoms with E-state index in [2.05, 4.69) is 4.65 Å². The van der Waals surface area contributed by atoms with Crippen LogP contribution in [0.4, 0.5) is 8.78 Å². The van der Waals surface area contributed by atoms with Gasteiger partial charge < -0.3 is 15.4 Å². The van der Waals surface area contributed by atoms with Crippen LogP contribution in [-0.4, -0.2) is 25.4 Å². The molecule has 0 aliphatic heterocycles. The lowest BCUT2D eigenvalue weighted by Gasteiger charge is -2.08. The Kier molecular flexibility index (Phi) is 4.56. The predicted molar refractivity (Wildman–Crippen MR) is 27.7 cm³/mol. The van der Waals surface area contributed by atoms with Gasteiger partial charge in [-0.2, -0.15) is 0 Å². The van der Waals surface area contributed by atoms with E-state index in [0.29, 0.717) is 7.69 Å². The van der Waals surface area contributed by atoms with E-state index in [1.54, 1.807) is 0 Å². The van der Waals surface area contributed by atoms with E-state index in [1.165, 1.54) is 0 Å². The maximum absolute atomic E-state index is 11.4. The fourth-order valence-electron chi connectivity index (χ4n) is 0.309. The van der Waals surface area contributed by atoms with E-state index in [0.717, 1.165) is 0 Å². The standard InChI is InChI=1S/C3H7BF2NO2/c5-2(6)1-3(7)9-4-8/h2-3,8H,1,7H2.